The third-order valence-electron chi connectivity index (χ3n) is 1.70. The van der Waals surface area contributed by atoms with E-state index < -0.39 is 12.0 Å². The molecule has 0 saturated heterocycles. The van der Waals surface area contributed by atoms with Crippen LogP contribution in [-0.2, 0) is 17.6 Å². The normalized spacial score (nSPS) is 12.8. The molecule has 0 aliphatic carbocycles. The Bertz CT molecular complexity index is 297. The summed E-state index contributed by atoms with van der Waals surface area (Å²) < 4.78 is 4.47. The van der Waals surface area contributed by atoms with Gasteiger partial charge in [-0.2, -0.15) is 0 Å². The van der Waals surface area contributed by atoms with Crippen molar-refractivity contribution >= 4 is 5.97 Å². The molecule has 1 atom stereocenters. The average molecular weight is 185 g/mol. The van der Waals surface area contributed by atoms with E-state index in [1.165, 1.54) is 0 Å². The van der Waals surface area contributed by atoms with Crippen molar-refractivity contribution in [1.82, 2.24) is 10.3 Å². The molecule has 1 unspecified atom stereocenters. The molecule has 13 heavy (non-hydrogen) atoms. The average Bonchev–Trinajstić information content (AvgIpc) is 2.51. The molecule has 1 aromatic heterocycles. The maximum Gasteiger partial charge on any atom is 0.320 e. The summed E-state index contributed by atoms with van der Waals surface area (Å²) in [4.78, 5) is 10.4. The number of aliphatic carboxylic acids is 1. The molecule has 0 spiro atoms. The molecular weight excluding hydrogens is 174 g/mol. The summed E-state index contributed by atoms with van der Waals surface area (Å²) in [6, 6.07) is -0.947. The smallest absolute Gasteiger partial charge is 0.320 e. The molecule has 6 heteroatoms. The van der Waals surface area contributed by atoms with Gasteiger partial charge in [0.25, 0.3) is 0 Å². The van der Waals surface area contributed by atoms with Crippen molar-refractivity contribution in [3.8, 4) is 0 Å². The number of carbonyl (C=O) groups is 1. The standard InChI is InChI=1S/C7H11N3O3/c1-2-5-6(10-13-9-5)3-4(8)7(11)12/h4H,2-3,8H2,1H3,(H,11,12). The van der Waals surface area contributed by atoms with Crippen LogP contribution in [0.3, 0.4) is 0 Å². The Kier molecular flexibility index (Phi) is 2.97. The predicted molar refractivity (Wildman–Crippen MR) is 43.0 cm³/mol. The molecular formula is C7H11N3O3. The Morgan fingerprint density at radius 3 is 2.77 bits per heavy atom. The zero-order chi connectivity index (χ0) is 9.84. The zero-order valence-corrected chi connectivity index (χ0v) is 7.23. The van der Waals surface area contributed by atoms with E-state index in [4.69, 9.17) is 10.8 Å². The molecule has 3 N–H and O–H groups in total. The molecule has 0 aliphatic rings. The summed E-state index contributed by atoms with van der Waals surface area (Å²) >= 11 is 0. The van der Waals surface area contributed by atoms with E-state index >= 15 is 0 Å². The second-order valence-electron chi connectivity index (χ2n) is 2.66. The first-order valence-corrected chi connectivity index (χ1v) is 3.93. The maximum absolute atomic E-state index is 10.4. The quantitative estimate of drug-likeness (QED) is 0.660. The first-order valence-electron chi connectivity index (χ1n) is 3.93. The van der Waals surface area contributed by atoms with Gasteiger partial charge in [-0.25, -0.2) is 4.63 Å². The first-order chi connectivity index (χ1) is 6.15. The monoisotopic (exact) mass is 185 g/mol. The van der Waals surface area contributed by atoms with Crippen LogP contribution in [0.4, 0.5) is 0 Å². The predicted octanol–water partition coefficient (Wildman–Crippen LogP) is -0.414. The highest BCUT2D eigenvalue weighted by Crippen LogP contribution is 2.05. The summed E-state index contributed by atoms with van der Waals surface area (Å²) in [7, 11) is 0. The van der Waals surface area contributed by atoms with Gasteiger partial charge in [0.1, 0.15) is 17.4 Å². The van der Waals surface area contributed by atoms with Crippen molar-refractivity contribution in [2.75, 3.05) is 0 Å². The van der Waals surface area contributed by atoms with E-state index in [1.54, 1.807) is 0 Å². The summed E-state index contributed by atoms with van der Waals surface area (Å²) in [5, 5.41) is 15.7. The number of aryl methyl sites for hydroxylation is 1. The SMILES string of the molecule is CCc1nonc1CC(N)C(=O)O. The molecule has 0 saturated carbocycles. The van der Waals surface area contributed by atoms with Crippen molar-refractivity contribution in [1.29, 1.82) is 0 Å². The highest BCUT2D eigenvalue weighted by molar-refractivity contribution is 5.73. The van der Waals surface area contributed by atoms with E-state index in [0.717, 1.165) is 0 Å². The Labute approximate surface area is 74.7 Å². The van der Waals surface area contributed by atoms with Crippen LogP contribution in [0.1, 0.15) is 18.3 Å². The summed E-state index contributed by atoms with van der Waals surface area (Å²) in [6.07, 6.45) is 0.813. The van der Waals surface area contributed by atoms with Crippen LogP contribution < -0.4 is 5.73 Å². The lowest BCUT2D eigenvalue weighted by Crippen LogP contribution is -2.32. The number of rotatable bonds is 4. The van der Waals surface area contributed by atoms with Crippen molar-refractivity contribution in [3.05, 3.63) is 11.4 Å². The number of carboxylic acid groups (broad SMARTS) is 1. The Hall–Kier alpha value is -1.43. The van der Waals surface area contributed by atoms with Gasteiger partial charge in [-0.3, -0.25) is 4.79 Å². The number of hydrogen-bond donors (Lipinski definition) is 2. The molecule has 0 fully saturated rings. The number of aromatic nitrogens is 2. The number of nitrogens with two attached hydrogens (primary N) is 1. The third-order valence-corrected chi connectivity index (χ3v) is 1.70. The Morgan fingerprint density at radius 1 is 1.62 bits per heavy atom. The minimum absolute atomic E-state index is 0.155. The lowest BCUT2D eigenvalue weighted by molar-refractivity contribution is -0.138. The molecule has 1 heterocycles. The van der Waals surface area contributed by atoms with E-state index in [9.17, 15) is 4.79 Å². The van der Waals surface area contributed by atoms with Gasteiger partial charge in [0.2, 0.25) is 0 Å². The van der Waals surface area contributed by atoms with Crippen LogP contribution in [0.5, 0.6) is 0 Å². The van der Waals surface area contributed by atoms with Crippen LogP contribution in [-0.4, -0.2) is 27.4 Å². The van der Waals surface area contributed by atoms with E-state index in [0.29, 0.717) is 17.8 Å². The van der Waals surface area contributed by atoms with Crippen LogP contribution >= 0.6 is 0 Å². The largest absolute Gasteiger partial charge is 0.480 e. The van der Waals surface area contributed by atoms with E-state index in [-0.39, 0.29) is 6.42 Å². The second-order valence-corrected chi connectivity index (χ2v) is 2.66. The van der Waals surface area contributed by atoms with Crippen LogP contribution in [0.15, 0.2) is 4.63 Å². The highest BCUT2D eigenvalue weighted by atomic mass is 16.6. The first kappa shape index (κ1) is 9.66. The minimum Gasteiger partial charge on any atom is -0.480 e. The summed E-state index contributed by atoms with van der Waals surface area (Å²) in [5.74, 6) is -1.05. The number of hydrogen-bond acceptors (Lipinski definition) is 5. The fraction of sp³-hybridized carbons (Fsp3) is 0.571. The molecule has 6 nitrogen and oxygen atoms in total. The molecule has 1 rings (SSSR count). The lowest BCUT2D eigenvalue weighted by atomic mass is 10.1. The van der Waals surface area contributed by atoms with Gasteiger partial charge < -0.3 is 10.8 Å². The van der Waals surface area contributed by atoms with E-state index in [2.05, 4.69) is 14.9 Å². The van der Waals surface area contributed by atoms with Gasteiger partial charge in [0.15, 0.2) is 0 Å². The molecule has 0 aliphatic heterocycles. The Balaban J connectivity index is 2.68. The van der Waals surface area contributed by atoms with Crippen molar-refractivity contribution < 1.29 is 14.5 Å². The molecule has 0 radical (unpaired) electrons. The molecule has 0 bridgehead atoms. The fourth-order valence-electron chi connectivity index (χ4n) is 0.944. The molecule has 1 aromatic rings. The van der Waals surface area contributed by atoms with E-state index in [1.807, 2.05) is 6.92 Å². The molecule has 0 amide bonds. The zero-order valence-electron chi connectivity index (χ0n) is 7.23. The van der Waals surface area contributed by atoms with Gasteiger partial charge >= 0.3 is 5.97 Å². The van der Waals surface area contributed by atoms with Crippen LogP contribution in [0.2, 0.25) is 0 Å². The summed E-state index contributed by atoms with van der Waals surface area (Å²) in [5.41, 5.74) is 6.51. The maximum atomic E-state index is 10.4. The summed E-state index contributed by atoms with van der Waals surface area (Å²) in [6.45, 7) is 1.88. The molecule has 72 valence electrons. The van der Waals surface area contributed by atoms with Crippen molar-refractivity contribution in [2.24, 2.45) is 5.73 Å². The van der Waals surface area contributed by atoms with Crippen LogP contribution in [0.25, 0.3) is 0 Å². The topological polar surface area (TPSA) is 102 Å². The van der Waals surface area contributed by atoms with Gasteiger partial charge in [-0.05, 0) is 6.42 Å². The number of nitrogens with zero attached hydrogens (tertiary/aromatic N) is 2. The molecule has 0 aromatic carbocycles. The van der Waals surface area contributed by atoms with Crippen molar-refractivity contribution in [2.45, 2.75) is 25.8 Å². The third kappa shape index (κ3) is 2.25. The number of carboxylic acids is 1. The van der Waals surface area contributed by atoms with Gasteiger partial charge in [0.05, 0.1) is 0 Å². The fourth-order valence-corrected chi connectivity index (χ4v) is 0.944. The highest BCUT2D eigenvalue weighted by Gasteiger charge is 2.17. The van der Waals surface area contributed by atoms with Crippen molar-refractivity contribution in [3.63, 3.8) is 0 Å². The van der Waals surface area contributed by atoms with Gasteiger partial charge in [-0.15, -0.1) is 0 Å². The Morgan fingerprint density at radius 2 is 2.23 bits per heavy atom. The minimum atomic E-state index is -1.05. The van der Waals surface area contributed by atoms with Gasteiger partial charge in [-0.1, -0.05) is 17.2 Å². The second kappa shape index (κ2) is 3.99. The van der Waals surface area contributed by atoms with Crippen LogP contribution in [0, 0.1) is 0 Å². The van der Waals surface area contributed by atoms with Gasteiger partial charge in [0, 0.05) is 6.42 Å². The lowest BCUT2D eigenvalue weighted by Gasteiger charge is -2.02.